The van der Waals surface area contributed by atoms with E-state index in [1.54, 1.807) is 11.8 Å². The number of nitrogens with one attached hydrogen (secondary N) is 1. The van der Waals surface area contributed by atoms with E-state index in [-0.39, 0.29) is 18.2 Å². The predicted octanol–water partition coefficient (Wildman–Crippen LogP) is 4.82. The quantitative estimate of drug-likeness (QED) is 0.617. The standard InChI is InChI=1S/C29H33N5O2S/c1-19(2)36-26-10-7-20(17-21(26)18-30)28-31-12-11-27(37-28)24-6-4-5-23-22(24)8-9-25(23)32-29(35)34-15-13-33(3)14-16-34/h4-7,10-11,17,19,25H,8-9,12-16H2,1-3H3,(H,32,35)/t25-/m0/s1. The lowest BCUT2D eigenvalue weighted by atomic mass is 10.0. The Kier molecular flexibility index (Phi) is 7.54. The van der Waals surface area contributed by atoms with Gasteiger partial charge in [0.25, 0.3) is 0 Å². The van der Waals surface area contributed by atoms with Crippen LogP contribution in [0.15, 0.2) is 47.5 Å². The number of amides is 2. The van der Waals surface area contributed by atoms with Gasteiger partial charge < -0.3 is 19.9 Å². The molecule has 2 amide bonds. The van der Waals surface area contributed by atoms with Crippen LogP contribution in [0.4, 0.5) is 4.79 Å². The van der Waals surface area contributed by atoms with E-state index in [0.717, 1.165) is 49.6 Å². The Bertz CT molecular complexity index is 1290. The second-order valence-corrected chi connectivity index (χ2v) is 11.0. The van der Waals surface area contributed by atoms with E-state index < -0.39 is 0 Å². The molecule has 3 aliphatic rings. The Morgan fingerprint density at radius 3 is 2.78 bits per heavy atom. The van der Waals surface area contributed by atoms with Crippen LogP contribution in [-0.2, 0) is 6.42 Å². The number of nitriles is 1. The van der Waals surface area contributed by atoms with Crippen molar-refractivity contribution in [1.29, 1.82) is 5.26 Å². The molecule has 2 aliphatic heterocycles. The van der Waals surface area contributed by atoms with Crippen molar-refractivity contribution < 1.29 is 9.53 Å². The summed E-state index contributed by atoms with van der Waals surface area (Å²) in [6.45, 7) is 7.87. The number of nitrogens with zero attached hydrogens (tertiary/aromatic N) is 4. The molecule has 1 aliphatic carbocycles. The number of fused-ring (bicyclic) bond motifs is 1. The zero-order chi connectivity index (χ0) is 25.9. The topological polar surface area (TPSA) is 81.0 Å². The van der Waals surface area contributed by atoms with E-state index in [2.05, 4.69) is 47.6 Å². The fourth-order valence-electron chi connectivity index (χ4n) is 5.10. The third-order valence-corrected chi connectivity index (χ3v) is 8.22. The molecule has 2 aromatic rings. The number of hydrogen-bond donors (Lipinski definition) is 1. The van der Waals surface area contributed by atoms with E-state index >= 15 is 0 Å². The van der Waals surface area contributed by atoms with Gasteiger partial charge in [0.1, 0.15) is 16.9 Å². The smallest absolute Gasteiger partial charge is 0.317 e. The summed E-state index contributed by atoms with van der Waals surface area (Å²) >= 11 is 1.64. The molecule has 37 heavy (non-hydrogen) atoms. The maximum atomic E-state index is 12.9. The molecule has 1 fully saturated rings. The van der Waals surface area contributed by atoms with Gasteiger partial charge in [-0.1, -0.05) is 30.0 Å². The highest BCUT2D eigenvalue weighted by atomic mass is 32.2. The van der Waals surface area contributed by atoms with E-state index in [0.29, 0.717) is 17.9 Å². The Morgan fingerprint density at radius 2 is 2.03 bits per heavy atom. The van der Waals surface area contributed by atoms with Crippen molar-refractivity contribution in [2.24, 2.45) is 4.99 Å². The first-order valence-corrected chi connectivity index (χ1v) is 13.7. The summed E-state index contributed by atoms with van der Waals surface area (Å²) in [5, 5.41) is 13.8. The van der Waals surface area contributed by atoms with Gasteiger partial charge in [0.15, 0.2) is 0 Å². The van der Waals surface area contributed by atoms with Gasteiger partial charge in [-0.3, -0.25) is 4.99 Å². The zero-order valence-electron chi connectivity index (χ0n) is 21.7. The molecular weight excluding hydrogens is 482 g/mol. The number of piperazine rings is 1. The Morgan fingerprint density at radius 1 is 1.22 bits per heavy atom. The van der Waals surface area contributed by atoms with Crippen LogP contribution in [0.2, 0.25) is 0 Å². The van der Waals surface area contributed by atoms with E-state index in [4.69, 9.17) is 9.73 Å². The molecule has 1 atom stereocenters. The lowest BCUT2D eigenvalue weighted by Crippen LogP contribution is -2.51. The summed E-state index contributed by atoms with van der Waals surface area (Å²) in [4.78, 5) is 23.0. The minimum atomic E-state index is 0.00391. The molecule has 0 bridgehead atoms. The monoisotopic (exact) mass is 515 g/mol. The lowest BCUT2D eigenvalue weighted by Gasteiger charge is -2.33. The number of rotatable bonds is 5. The average molecular weight is 516 g/mol. The van der Waals surface area contributed by atoms with Crippen LogP contribution in [0.5, 0.6) is 5.75 Å². The molecule has 8 heteroatoms. The number of likely N-dealkylation sites (N-methyl/N-ethyl adjacent to an activating group) is 1. The number of hydrogen-bond acceptors (Lipinski definition) is 6. The first kappa shape index (κ1) is 25.4. The van der Waals surface area contributed by atoms with Crippen LogP contribution in [0, 0.1) is 11.3 Å². The van der Waals surface area contributed by atoms with Gasteiger partial charge in [0, 0.05) is 36.6 Å². The van der Waals surface area contributed by atoms with Gasteiger partial charge in [-0.15, -0.1) is 0 Å². The highest BCUT2D eigenvalue weighted by molar-refractivity contribution is 8.22. The van der Waals surface area contributed by atoms with Crippen molar-refractivity contribution in [2.75, 3.05) is 39.8 Å². The second-order valence-electron chi connectivity index (χ2n) is 10.0. The summed E-state index contributed by atoms with van der Waals surface area (Å²) in [5.74, 6) is 0.601. The van der Waals surface area contributed by atoms with Crippen LogP contribution in [0.25, 0.3) is 4.91 Å². The zero-order valence-corrected chi connectivity index (χ0v) is 22.5. The van der Waals surface area contributed by atoms with Gasteiger partial charge in [-0.25, -0.2) is 4.79 Å². The van der Waals surface area contributed by atoms with Gasteiger partial charge in [-0.2, -0.15) is 5.26 Å². The first-order valence-electron chi connectivity index (χ1n) is 12.9. The van der Waals surface area contributed by atoms with Crippen molar-refractivity contribution in [2.45, 2.75) is 38.8 Å². The molecule has 2 heterocycles. The van der Waals surface area contributed by atoms with Crippen LogP contribution in [0.1, 0.15) is 54.1 Å². The molecule has 7 nitrogen and oxygen atoms in total. The summed E-state index contributed by atoms with van der Waals surface area (Å²) < 4.78 is 5.78. The van der Waals surface area contributed by atoms with Gasteiger partial charge in [-0.05, 0) is 74.7 Å². The highest BCUT2D eigenvalue weighted by Gasteiger charge is 2.29. The molecular formula is C29H33N5O2S. The molecule has 2 aromatic carbocycles. The van der Waals surface area contributed by atoms with Crippen LogP contribution >= 0.6 is 11.8 Å². The normalized spacial score (nSPS) is 19.6. The molecule has 1 saturated heterocycles. The minimum absolute atomic E-state index is 0.00391. The van der Waals surface area contributed by atoms with Crippen molar-refractivity contribution >= 4 is 27.7 Å². The number of benzene rings is 2. The first-order chi connectivity index (χ1) is 17.9. The second kappa shape index (κ2) is 11.0. The number of carbonyl (C=O) groups excluding carboxylic acids is 1. The number of thioether (sulfide) groups is 1. The summed E-state index contributed by atoms with van der Waals surface area (Å²) in [5.41, 5.74) is 5.18. The van der Waals surface area contributed by atoms with E-state index in [1.165, 1.54) is 21.6 Å². The maximum Gasteiger partial charge on any atom is 0.317 e. The van der Waals surface area contributed by atoms with E-state index in [1.807, 2.05) is 36.9 Å². The molecule has 192 valence electrons. The van der Waals surface area contributed by atoms with Crippen molar-refractivity contribution in [3.8, 4) is 11.8 Å². The third-order valence-electron chi connectivity index (χ3n) is 7.05. The molecule has 0 aromatic heterocycles. The Hall–Kier alpha value is -3.28. The van der Waals surface area contributed by atoms with Crippen molar-refractivity contribution in [3.05, 3.63) is 70.3 Å². The molecule has 0 radical (unpaired) electrons. The average Bonchev–Trinajstić information content (AvgIpc) is 3.32. The third kappa shape index (κ3) is 5.53. The fourth-order valence-corrected chi connectivity index (χ4v) is 6.15. The number of carbonyl (C=O) groups is 1. The molecule has 0 spiro atoms. The summed E-state index contributed by atoms with van der Waals surface area (Å²) in [7, 11) is 2.09. The summed E-state index contributed by atoms with van der Waals surface area (Å²) in [6, 6.07) is 14.5. The number of urea groups is 1. The van der Waals surface area contributed by atoms with Crippen molar-refractivity contribution in [1.82, 2.24) is 15.1 Å². The minimum Gasteiger partial charge on any atom is -0.490 e. The van der Waals surface area contributed by atoms with Crippen LogP contribution in [0.3, 0.4) is 0 Å². The highest BCUT2D eigenvalue weighted by Crippen LogP contribution is 2.41. The predicted molar refractivity (Wildman–Crippen MR) is 149 cm³/mol. The Balaban J connectivity index is 1.31. The number of aliphatic imine (C=N–C) groups is 1. The van der Waals surface area contributed by atoms with Crippen LogP contribution in [-0.4, -0.2) is 66.8 Å². The van der Waals surface area contributed by atoms with E-state index in [9.17, 15) is 10.1 Å². The SMILES string of the molecule is CC(C)Oc1ccc(C2=NCC=C(c3cccc4c3CC[C@@H]4NC(=O)N3CCN(C)CC3)S2)cc1C#N. The Labute approximate surface area is 223 Å². The van der Waals surface area contributed by atoms with Gasteiger partial charge in [0.05, 0.1) is 24.3 Å². The van der Waals surface area contributed by atoms with Gasteiger partial charge in [0.2, 0.25) is 0 Å². The largest absolute Gasteiger partial charge is 0.490 e. The summed E-state index contributed by atoms with van der Waals surface area (Å²) in [6.07, 6.45) is 4.02. The molecule has 0 saturated carbocycles. The molecule has 5 rings (SSSR count). The lowest BCUT2D eigenvalue weighted by molar-refractivity contribution is 0.151. The fraction of sp³-hybridized carbons (Fsp3) is 0.414. The maximum absolute atomic E-state index is 12.9. The van der Waals surface area contributed by atoms with Crippen LogP contribution < -0.4 is 10.1 Å². The molecule has 0 unspecified atom stereocenters. The molecule has 1 N–H and O–H groups in total. The van der Waals surface area contributed by atoms with Crippen molar-refractivity contribution in [3.63, 3.8) is 0 Å². The number of ether oxygens (including phenoxy) is 1. The van der Waals surface area contributed by atoms with Gasteiger partial charge >= 0.3 is 6.03 Å².